The molecule has 1 saturated heterocycles. The van der Waals surface area contributed by atoms with E-state index in [1.54, 1.807) is 4.57 Å². The Morgan fingerprint density at radius 2 is 1.86 bits per heavy atom. The molecule has 0 radical (unpaired) electrons. The van der Waals surface area contributed by atoms with Crippen molar-refractivity contribution < 1.29 is 20.1 Å². The molecule has 190 valence electrons. The Morgan fingerprint density at radius 3 is 2.56 bits per heavy atom. The summed E-state index contributed by atoms with van der Waals surface area (Å²) in [6.07, 6.45) is 1.40. The molecule has 0 amide bonds. The topological polar surface area (TPSA) is 87.2 Å². The van der Waals surface area contributed by atoms with Gasteiger partial charge in [0.2, 0.25) is 0 Å². The highest BCUT2D eigenvalue weighted by atomic mass is 35.5. The van der Waals surface area contributed by atoms with Gasteiger partial charge in [-0.15, -0.1) is 0 Å². The number of aromatic nitrogens is 1. The van der Waals surface area contributed by atoms with Gasteiger partial charge in [0.25, 0.3) is 0 Å². The van der Waals surface area contributed by atoms with Crippen molar-refractivity contribution in [1.82, 2.24) is 4.57 Å². The molecule has 5 rings (SSSR count). The fourth-order valence-corrected chi connectivity index (χ4v) is 5.21. The van der Waals surface area contributed by atoms with Crippen molar-refractivity contribution in [3.63, 3.8) is 0 Å². The molecule has 2 aliphatic rings. The Balaban J connectivity index is 1.46. The first-order chi connectivity index (χ1) is 17.4. The van der Waals surface area contributed by atoms with Crippen molar-refractivity contribution in [2.75, 3.05) is 6.54 Å². The maximum Gasteiger partial charge on any atom is 0.163 e. The molecular formula is C28H31ClN2O4S. The van der Waals surface area contributed by atoms with Gasteiger partial charge in [-0.3, -0.25) is 4.99 Å². The quantitative estimate of drug-likeness (QED) is 0.295. The molecule has 2 fully saturated rings. The second kappa shape index (κ2) is 10.7. The number of ether oxygens (including phenoxy) is 1. The number of nitrogens with zero attached hydrogens (tertiary/aromatic N) is 2. The first kappa shape index (κ1) is 25.5. The van der Waals surface area contributed by atoms with Gasteiger partial charge in [0, 0.05) is 22.7 Å². The molecule has 3 N–H and O–H groups in total. The molecule has 2 heterocycles. The van der Waals surface area contributed by atoms with Crippen LogP contribution >= 0.6 is 23.8 Å². The molecule has 3 aromatic rings. The van der Waals surface area contributed by atoms with Gasteiger partial charge in [0.05, 0.1) is 17.1 Å². The van der Waals surface area contributed by atoms with Gasteiger partial charge in [0.1, 0.15) is 24.4 Å². The number of halogens is 1. The van der Waals surface area contributed by atoms with Crippen LogP contribution < -0.4 is 0 Å². The van der Waals surface area contributed by atoms with E-state index in [0.29, 0.717) is 23.9 Å². The SMILES string of the molecule is CCC(=S)CN=C[C@H]1O[C@@H](n2cc(Cc3ccc(C4CC4)cc3)c3c(Cl)cccc32)[C@H](O)[C@@H](O)[C@@H]1O. The highest BCUT2D eigenvalue weighted by Gasteiger charge is 2.44. The van der Waals surface area contributed by atoms with Crippen LogP contribution in [0.1, 0.15) is 55.0 Å². The van der Waals surface area contributed by atoms with Gasteiger partial charge in [-0.1, -0.05) is 61.1 Å². The van der Waals surface area contributed by atoms with Gasteiger partial charge in [-0.25, -0.2) is 0 Å². The second-order valence-electron chi connectivity index (χ2n) is 9.73. The van der Waals surface area contributed by atoms with Crippen molar-refractivity contribution in [3.8, 4) is 0 Å². The number of aliphatic hydroxyl groups is 3. The Morgan fingerprint density at radius 1 is 1.11 bits per heavy atom. The fourth-order valence-electron chi connectivity index (χ4n) is 4.85. The molecule has 0 unspecified atom stereocenters. The highest BCUT2D eigenvalue weighted by molar-refractivity contribution is 7.80. The molecule has 8 heteroatoms. The third kappa shape index (κ3) is 5.14. The monoisotopic (exact) mass is 526 g/mol. The van der Waals surface area contributed by atoms with E-state index in [-0.39, 0.29) is 0 Å². The molecular weight excluding hydrogens is 496 g/mol. The number of rotatable bonds is 8. The van der Waals surface area contributed by atoms with Crippen LogP contribution in [0.2, 0.25) is 5.02 Å². The summed E-state index contributed by atoms with van der Waals surface area (Å²) in [6, 6.07) is 14.3. The largest absolute Gasteiger partial charge is 0.387 e. The maximum atomic E-state index is 10.9. The van der Waals surface area contributed by atoms with Crippen LogP contribution in [-0.4, -0.2) is 61.9 Å². The van der Waals surface area contributed by atoms with Gasteiger partial charge < -0.3 is 24.6 Å². The molecule has 5 atom stereocenters. The van der Waals surface area contributed by atoms with Crippen LogP contribution in [0, 0.1) is 0 Å². The van der Waals surface area contributed by atoms with E-state index in [1.807, 2.05) is 31.3 Å². The molecule has 0 spiro atoms. The van der Waals surface area contributed by atoms with Gasteiger partial charge >= 0.3 is 0 Å². The predicted molar refractivity (Wildman–Crippen MR) is 146 cm³/mol. The summed E-state index contributed by atoms with van der Waals surface area (Å²) in [5.74, 6) is 0.705. The average Bonchev–Trinajstić information content (AvgIpc) is 3.67. The zero-order valence-electron chi connectivity index (χ0n) is 20.1. The second-order valence-corrected chi connectivity index (χ2v) is 10.7. The lowest BCUT2D eigenvalue weighted by molar-refractivity contribution is -0.225. The first-order valence-corrected chi connectivity index (χ1v) is 13.2. The molecule has 0 bridgehead atoms. The molecule has 1 saturated carbocycles. The van der Waals surface area contributed by atoms with Crippen LogP contribution in [0.25, 0.3) is 10.9 Å². The molecule has 2 aromatic carbocycles. The third-order valence-electron chi connectivity index (χ3n) is 7.12. The van der Waals surface area contributed by atoms with E-state index in [9.17, 15) is 15.3 Å². The van der Waals surface area contributed by atoms with E-state index < -0.39 is 30.6 Å². The standard InChI is InChI=1S/C28H31ClN2O4S/c1-2-20(36)13-30-14-23-25(32)26(33)27(34)28(35-23)31-15-19(24-21(29)4-3-5-22(24)31)12-16-6-8-17(9-7-16)18-10-11-18/h3-9,14-15,18,23,25-28,32-34H,2,10-13H2,1H3/t23-,25-,26+,27-,28-/m1/s1. The Bertz CT molecular complexity index is 1270. The smallest absolute Gasteiger partial charge is 0.163 e. The summed E-state index contributed by atoms with van der Waals surface area (Å²) in [6.45, 7) is 2.30. The van der Waals surface area contributed by atoms with E-state index in [2.05, 4.69) is 29.3 Å². The maximum absolute atomic E-state index is 10.9. The van der Waals surface area contributed by atoms with E-state index in [0.717, 1.165) is 33.3 Å². The summed E-state index contributed by atoms with van der Waals surface area (Å²) in [5, 5.41) is 33.5. The minimum atomic E-state index is -1.41. The zero-order chi connectivity index (χ0) is 25.4. The van der Waals surface area contributed by atoms with E-state index >= 15 is 0 Å². The summed E-state index contributed by atoms with van der Waals surface area (Å²) in [4.78, 5) is 5.08. The third-order valence-corrected chi connectivity index (χ3v) is 7.86. The van der Waals surface area contributed by atoms with Crippen LogP contribution in [0.15, 0.2) is 53.7 Å². The minimum absolute atomic E-state index is 0.341. The van der Waals surface area contributed by atoms with Crippen LogP contribution in [0.4, 0.5) is 0 Å². The van der Waals surface area contributed by atoms with E-state index in [4.69, 9.17) is 28.6 Å². The summed E-state index contributed by atoms with van der Waals surface area (Å²) in [5.41, 5.74) is 4.32. The van der Waals surface area contributed by atoms with Gasteiger partial charge in [0.15, 0.2) is 6.23 Å². The van der Waals surface area contributed by atoms with Gasteiger partial charge in [-0.2, -0.15) is 0 Å². The van der Waals surface area contributed by atoms with E-state index in [1.165, 1.54) is 24.6 Å². The summed E-state index contributed by atoms with van der Waals surface area (Å²) >= 11 is 11.9. The lowest BCUT2D eigenvalue weighted by Gasteiger charge is -2.40. The summed E-state index contributed by atoms with van der Waals surface area (Å²) < 4.78 is 7.91. The Kier molecular flexibility index (Phi) is 7.58. The number of fused-ring (bicyclic) bond motifs is 1. The number of thiocarbonyl (C=S) groups is 1. The van der Waals surface area contributed by atoms with Crippen LogP contribution in [0.3, 0.4) is 0 Å². The van der Waals surface area contributed by atoms with Crippen LogP contribution in [0.5, 0.6) is 0 Å². The summed E-state index contributed by atoms with van der Waals surface area (Å²) in [7, 11) is 0. The lowest BCUT2D eigenvalue weighted by atomic mass is 9.98. The minimum Gasteiger partial charge on any atom is -0.387 e. The number of hydrogen-bond acceptors (Lipinski definition) is 6. The molecule has 1 aliphatic carbocycles. The lowest BCUT2D eigenvalue weighted by Crippen LogP contribution is -2.55. The molecule has 36 heavy (non-hydrogen) atoms. The van der Waals surface area contributed by atoms with Crippen molar-refractivity contribution in [2.24, 2.45) is 4.99 Å². The highest BCUT2D eigenvalue weighted by Crippen LogP contribution is 2.40. The van der Waals surface area contributed by atoms with Crippen molar-refractivity contribution in [1.29, 1.82) is 0 Å². The number of aliphatic hydroxyl groups excluding tert-OH is 3. The normalized spacial score (nSPS) is 26.6. The molecule has 1 aromatic heterocycles. The Hall–Kier alpha value is -2.13. The zero-order valence-corrected chi connectivity index (χ0v) is 21.7. The number of aliphatic imine (C=N–C) groups is 1. The predicted octanol–water partition coefficient (Wildman–Crippen LogP) is 4.59. The number of benzene rings is 2. The number of hydrogen-bond donors (Lipinski definition) is 3. The first-order valence-electron chi connectivity index (χ1n) is 12.5. The van der Waals surface area contributed by atoms with Crippen molar-refractivity contribution in [3.05, 3.63) is 70.4 Å². The fraction of sp³-hybridized carbons (Fsp3) is 0.429. The molecule has 6 nitrogen and oxygen atoms in total. The van der Waals surface area contributed by atoms with Crippen molar-refractivity contribution >= 4 is 45.8 Å². The average molecular weight is 527 g/mol. The van der Waals surface area contributed by atoms with Crippen LogP contribution in [-0.2, 0) is 11.2 Å². The van der Waals surface area contributed by atoms with Gasteiger partial charge in [-0.05, 0) is 60.4 Å². The Labute approximate surface area is 221 Å². The molecule has 1 aliphatic heterocycles. The van der Waals surface area contributed by atoms with Crippen molar-refractivity contribution in [2.45, 2.75) is 69.2 Å².